The third-order valence-corrected chi connectivity index (χ3v) is 2.65. The summed E-state index contributed by atoms with van der Waals surface area (Å²) in [4.78, 5) is 13.0. The Morgan fingerprint density at radius 1 is 0.650 bits per heavy atom. The molecular formula is C15H13N5. The lowest BCUT2D eigenvalue weighted by Crippen LogP contribution is -2.26. The zero-order valence-corrected chi connectivity index (χ0v) is 10.7. The molecule has 3 rings (SSSR count). The highest BCUT2D eigenvalue weighted by Crippen LogP contribution is 2.21. The summed E-state index contributed by atoms with van der Waals surface area (Å²) in [5.41, 5.74) is 3.21. The molecular weight excluding hydrogens is 250 g/mol. The van der Waals surface area contributed by atoms with Gasteiger partial charge in [0.15, 0.2) is 11.6 Å². The number of pyridine rings is 3. The van der Waals surface area contributed by atoms with Crippen molar-refractivity contribution in [3.8, 4) is 0 Å². The van der Waals surface area contributed by atoms with E-state index in [4.69, 9.17) is 0 Å². The highest BCUT2D eigenvalue weighted by molar-refractivity contribution is 5.60. The van der Waals surface area contributed by atoms with Crippen molar-refractivity contribution in [3.63, 3.8) is 0 Å². The first kappa shape index (κ1) is 12.1. The number of hydrogen-bond acceptors (Lipinski definition) is 5. The van der Waals surface area contributed by atoms with Crippen molar-refractivity contribution in [1.29, 1.82) is 0 Å². The van der Waals surface area contributed by atoms with Crippen molar-refractivity contribution in [3.05, 3.63) is 73.2 Å². The van der Waals surface area contributed by atoms with Crippen molar-refractivity contribution in [2.75, 3.05) is 10.4 Å². The molecule has 5 nitrogen and oxygen atoms in total. The molecule has 98 valence electrons. The van der Waals surface area contributed by atoms with Gasteiger partial charge in [-0.05, 0) is 36.4 Å². The highest BCUT2D eigenvalue weighted by atomic mass is 15.6. The van der Waals surface area contributed by atoms with Crippen LogP contribution in [-0.4, -0.2) is 15.0 Å². The number of aromatic nitrogens is 3. The van der Waals surface area contributed by atoms with Gasteiger partial charge in [-0.25, -0.2) is 20.0 Å². The molecule has 0 bridgehead atoms. The second-order valence-electron chi connectivity index (χ2n) is 4.04. The Hall–Kier alpha value is -2.95. The largest absolute Gasteiger partial charge is 0.274 e. The van der Waals surface area contributed by atoms with Gasteiger partial charge in [-0.15, -0.1) is 0 Å². The summed E-state index contributed by atoms with van der Waals surface area (Å²) in [6.45, 7) is 0. The Morgan fingerprint density at radius 2 is 1.20 bits per heavy atom. The Labute approximate surface area is 116 Å². The maximum Gasteiger partial charge on any atom is 0.153 e. The fourth-order valence-corrected chi connectivity index (χ4v) is 1.75. The Bertz CT molecular complexity index is 603. The topological polar surface area (TPSA) is 53.9 Å². The molecule has 0 radical (unpaired) electrons. The monoisotopic (exact) mass is 263 g/mol. The van der Waals surface area contributed by atoms with Crippen LogP contribution in [0, 0.1) is 0 Å². The van der Waals surface area contributed by atoms with Gasteiger partial charge < -0.3 is 0 Å². The third kappa shape index (κ3) is 2.72. The van der Waals surface area contributed by atoms with Crippen LogP contribution in [0.25, 0.3) is 0 Å². The van der Waals surface area contributed by atoms with Crippen molar-refractivity contribution in [2.24, 2.45) is 0 Å². The summed E-state index contributed by atoms with van der Waals surface area (Å²) in [5.74, 6) is 2.22. The summed E-state index contributed by atoms with van der Waals surface area (Å²) in [5, 5.41) is 1.79. The van der Waals surface area contributed by atoms with Crippen molar-refractivity contribution < 1.29 is 0 Å². The molecule has 0 amide bonds. The van der Waals surface area contributed by atoms with Crippen LogP contribution in [0.4, 0.5) is 17.5 Å². The van der Waals surface area contributed by atoms with E-state index in [-0.39, 0.29) is 0 Å². The van der Waals surface area contributed by atoms with Crippen LogP contribution in [0.15, 0.2) is 73.2 Å². The van der Waals surface area contributed by atoms with Gasteiger partial charge in [0.2, 0.25) is 0 Å². The first-order chi connectivity index (χ1) is 9.93. The number of hydrazine groups is 1. The van der Waals surface area contributed by atoms with Gasteiger partial charge in [0.05, 0.1) is 0 Å². The molecule has 3 heterocycles. The number of rotatable bonds is 4. The van der Waals surface area contributed by atoms with E-state index in [2.05, 4.69) is 20.4 Å². The summed E-state index contributed by atoms with van der Waals surface area (Å²) >= 11 is 0. The Kier molecular flexibility index (Phi) is 3.51. The SMILES string of the molecule is c1ccc(NN(c2ccccn2)c2ccccn2)nc1. The fraction of sp³-hybridized carbons (Fsp3) is 0. The highest BCUT2D eigenvalue weighted by Gasteiger charge is 2.11. The van der Waals surface area contributed by atoms with Crippen LogP contribution < -0.4 is 10.4 Å². The van der Waals surface area contributed by atoms with E-state index in [1.165, 1.54) is 0 Å². The second-order valence-corrected chi connectivity index (χ2v) is 4.04. The number of nitrogens with zero attached hydrogens (tertiary/aromatic N) is 4. The van der Waals surface area contributed by atoms with Gasteiger partial charge in [0.25, 0.3) is 0 Å². The predicted molar refractivity (Wildman–Crippen MR) is 78.5 cm³/mol. The molecule has 3 aromatic heterocycles. The average Bonchev–Trinajstić information content (AvgIpc) is 2.55. The van der Waals surface area contributed by atoms with Crippen LogP contribution >= 0.6 is 0 Å². The van der Waals surface area contributed by atoms with E-state index < -0.39 is 0 Å². The minimum atomic E-state index is 0.726. The summed E-state index contributed by atoms with van der Waals surface area (Å²) in [7, 11) is 0. The molecule has 0 aliphatic heterocycles. The van der Waals surface area contributed by atoms with E-state index in [1.807, 2.05) is 54.6 Å². The lowest BCUT2D eigenvalue weighted by Gasteiger charge is -2.23. The van der Waals surface area contributed by atoms with Gasteiger partial charge >= 0.3 is 0 Å². The quantitative estimate of drug-likeness (QED) is 0.733. The molecule has 1 N–H and O–H groups in total. The van der Waals surface area contributed by atoms with Gasteiger partial charge in [-0.3, -0.25) is 5.43 Å². The van der Waals surface area contributed by atoms with E-state index in [0.717, 1.165) is 17.5 Å². The predicted octanol–water partition coefficient (Wildman–Crippen LogP) is 3.04. The lowest BCUT2D eigenvalue weighted by molar-refractivity contribution is 1.04. The van der Waals surface area contributed by atoms with E-state index in [9.17, 15) is 0 Å². The Morgan fingerprint density at radius 3 is 1.65 bits per heavy atom. The van der Waals surface area contributed by atoms with Crippen molar-refractivity contribution in [1.82, 2.24) is 15.0 Å². The summed E-state index contributed by atoms with van der Waals surface area (Å²) in [6, 6.07) is 17.1. The average molecular weight is 263 g/mol. The number of nitrogens with one attached hydrogen (secondary N) is 1. The minimum Gasteiger partial charge on any atom is -0.274 e. The van der Waals surface area contributed by atoms with Crippen LogP contribution in [0.5, 0.6) is 0 Å². The minimum absolute atomic E-state index is 0.726. The zero-order chi connectivity index (χ0) is 13.6. The number of anilines is 3. The molecule has 0 saturated heterocycles. The Balaban J connectivity index is 1.96. The molecule has 5 heteroatoms. The maximum absolute atomic E-state index is 4.35. The molecule has 20 heavy (non-hydrogen) atoms. The van der Waals surface area contributed by atoms with E-state index >= 15 is 0 Å². The van der Waals surface area contributed by atoms with E-state index in [0.29, 0.717) is 0 Å². The molecule has 0 spiro atoms. The summed E-state index contributed by atoms with van der Waals surface area (Å²) < 4.78 is 0. The molecule has 0 unspecified atom stereocenters. The first-order valence-electron chi connectivity index (χ1n) is 6.23. The zero-order valence-electron chi connectivity index (χ0n) is 10.7. The molecule has 0 aromatic carbocycles. The lowest BCUT2D eigenvalue weighted by atomic mass is 10.4. The second kappa shape index (κ2) is 5.79. The van der Waals surface area contributed by atoms with Gasteiger partial charge in [0, 0.05) is 18.6 Å². The smallest absolute Gasteiger partial charge is 0.153 e. The third-order valence-electron chi connectivity index (χ3n) is 2.65. The standard InChI is InChI=1S/C15H13N5/c1-4-10-16-13(7-1)19-20(14-8-2-5-11-17-14)15-9-3-6-12-18-15/h1-12H,(H,16,19). The van der Waals surface area contributed by atoms with Gasteiger partial charge in [0.1, 0.15) is 5.82 Å². The fourth-order valence-electron chi connectivity index (χ4n) is 1.75. The van der Waals surface area contributed by atoms with Gasteiger partial charge in [-0.2, -0.15) is 0 Å². The van der Waals surface area contributed by atoms with Gasteiger partial charge in [-0.1, -0.05) is 18.2 Å². The van der Waals surface area contributed by atoms with Crippen LogP contribution in [0.3, 0.4) is 0 Å². The van der Waals surface area contributed by atoms with E-state index in [1.54, 1.807) is 23.6 Å². The van der Waals surface area contributed by atoms with Crippen LogP contribution in [0.2, 0.25) is 0 Å². The summed E-state index contributed by atoms with van der Waals surface area (Å²) in [6.07, 6.45) is 5.22. The number of hydrogen-bond donors (Lipinski definition) is 1. The molecule has 3 aromatic rings. The first-order valence-corrected chi connectivity index (χ1v) is 6.23. The maximum atomic E-state index is 4.35. The molecule has 0 atom stereocenters. The normalized spacial score (nSPS) is 10.0. The van der Waals surface area contributed by atoms with Crippen molar-refractivity contribution >= 4 is 17.5 Å². The molecule has 0 fully saturated rings. The van der Waals surface area contributed by atoms with Crippen LogP contribution in [0.1, 0.15) is 0 Å². The molecule has 0 saturated carbocycles. The molecule has 0 aliphatic carbocycles. The van der Waals surface area contributed by atoms with Crippen LogP contribution in [-0.2, 0) is 0 Å². The van der Waals surface area contributed by atoms with Crippen molar-refractivity contribution in [2.45, 2.75) is 0 Å². The molecule has 0 aliphatic rings.